The summed E-state index contributed by atoms with van der Waals surface area (Å²) in [6.07, 6.45) is -1.79. The van der Waals surface area contributed by atoms with Crippen LogP contribution in [0.15, 0.2) is 0 Å². The summed E-state index contributed by atoms with van der Waals surface area (Å²) < 4.78 is 14.1. The van der Waals surface area contributed by atoms with Crippen LogP contribution in [0.5, 0.6) is 0 Å². The first-order chi connectivity index (χ1) is 8.11. The monoisotopic (exact) mass is 246 g/mol. The highest BCUT2D eigenvalue weighted by Crippen LogP contribution is 2.00. The van der Waals surface area contributed by atoms with Gasteiger partial charge in [0.2, 0.25) is 0 Å². The molecule has 0 radical (unpaired) electrons. The first kappa shape index (κ1) is 13.1. The maximum Gasteiger partial charge on any atom is 0.407 e. The van der Waals surface area contributed by atoms with Gasteiger partial charge in [-0.2, -0.15) is 0 Å². The highest BCUT2D eigenvalue weighted by Gasteiger charge is 2.23. The molecule has 1 rings (SSSR count). The number of amides is 2. The first-order valence-corrected chi connectivity index (χ1v) is 5.12. The summed E-state index contributed by atoms with van der Waals surface area (Å²) in [5.41, 5.74) is 0. The van der Waals surface area contributed by atoms with E-state index >= 15 is 0 Å². The average Bonchev–Trinajstić information content (AvgIpc) is 2.70. The second-order valence-electron chi connectivity index (χ2n) is 3.17. The van der Waals surface area contributed by atoms with Crippen molar-refractivity contribution in [2.45, 2.75) is 13.0 Å². The summed E-state index contributed by atoms with van der Waals surface area (Å²) in [4.78, 5) is 32.6. The van der Waals surface area contributed by atoms with Crippen molar-refractivity contribution >= 4 is 18.2 Å². The maximum atomic E-state index is 11.1. The van der Waals surface area contributed by atoms with Gasteiger partial charge in [0.15, 0.2) is 6.10 Å². The third-order valence-corrected chi connectivity index (χ3v) is 1.83. The van der Waals surface area contributed by atoms with Gasteiger partial charge in [0.25, 0.3) is 0 Å². The van der Waals surface area contributed by atoms with Crippen LogP contribution >= 0.6 is 0 Å². The third kappa shape index (κ3) is 5.05. The van der Waals surface area contributed by atoms with Gasteiger partial charge < -0.3 is 24.8 Å². The van der Waals surface area contributed by atoms with E-state index in [9.17, 15) is 14.4 Å². The van der Waals surface area contributed by atoms with Crippen molar-refractivity contribution in [3.05, 3.63) is 0 Å². The molecule has 96 valence electrons. The summed E-state index contributed by atoms with van der Waals surface area (Å²) in [6.45, 7) is 1.89. The van der Waals surface area contributed by atoms with Crippen molar-refractivity contribution in [3.63, 3.8) is 0 Å². The van der Waals surface area contributed by atoms with Crippen LogP contribution in [0.4, 0.5) is 9.59 Å². The summed E-state index contributed by atoms with van der Waals surface area (Å²) in [6, 6.07) is 0. The summed E-state index contributed by atoms with van der Waals surface area (Å²) in [5, 5.41) is 4.62. The van der Waals surface area contributed by atoms with Crippen LogP contribution in [0.2, 0.25) is 0 Å². The number of nitrogens with one attached hydrogen (secondary N) is 2. The van der Waals surface area contributed by atoms with Gasteiger partial charge in [-0.05, 0) is 6.92 Å². The molecule has 0 aliphatic carbocycles. The van der Waals surface area contributed by atoms with Crippen LogP contribution in [0, 0.1) is 0 Å². The van der Waals surface area contributed by atoms with Crippen LogP contribution in [-0.4, -0.2) is 50.6 Å². The van der Waals surface area contributed by atoms with E-state index in [1.807, 2.05) is 0 Å². The normalized spacial score (nSPS) is 17.9. The Labute approximate surface area is 97.6 Å². The lowest BCUT2D eigenvalue weighted by atomic mass is 10.4. The van der Waals surface area contributed by atoms with E-state index in [4.69, 9.17) is 9.47 Å². The fraction of sp³-hybridized carbons (Fsp3) is 0.667. The van der Waals surface area contributed by atoms with Crippen LogP contribution in [-0.2, 0) is 19.0 Å². The van der Waals surface area contributed by atoms with Gasteiger partial charge in [-0.3, -0.25) is 4.79 Å². The molecule has 1 saturated heterocycles. The molecule has 8 nitrogen and oxygen atoms in total. The van der Waals surface area contributed by atoms with Gasteiger partial charge in [0.1, 0.15) is 13.2 Å². The lowest BCUT2D eigenvalue weighted by molar-refractivity contribution is -0.141. The van der Waals surface area contributed by atoms with Crippen molar-refractivity contribution < 1.29 is 28.6 Å². The molecule has 0 aromatic heterocycles. The molecule has 8 heteroatoms. The van der Waals surface area contributed by atoms with Crippen LogP contribution in [0.3, 0.4) is 0 Å². The number of alkyl carbamates (subject to hydrolysis) is 2. The molecule has 1 aliphatic rings. The van der Waals surface area contributed by atoms with Gasteiger partial charge >= 0.3 is 18.2 Å². The smallest absolute Gasteiger partial charge is 0.407 e. The third-order valence-electron chi connectivity index (χ3n) is 1.83. The minimum atomic E-state index is -0.763. The second-order valence-corrected chi connectivity index (χ2v) is 3.17. The Morgan fingerprint density at radius 1 is 1.53 bits per heavy atom. The molecule has 0 unspecified atom stereocenters. The number of hydrogen-bond acceptors (Lipinski definition) is 6. The lowest BCUT2D eigenvalue weighted by Crippen LogP contribution is -2.33. The van der Waals surface area contributed by atoms with Crippen molar-refractivity contribution in [1.29, 1.82) is 0 Å². The van der Waals surface area contributed by atoms with Gasteiger partial charge in [0, 0.05) is 0 Å². The molecule has 0 bridgehead atoms. The molecular weight excluding hydrogens is 232 g/mol. The lowest BCUT2D eigenvalue weighted by Gasteiger charge is -2.09. The molecule has 0 spiro atoms. The Kier molecular flexibility index (Phi) is 5.05. The van der Waals surface area contributed by atoms with Crippen LogP contribution in [0.1, 0.15) is 6.92 Å². The first-order valence-electron chi connectivity index (χ1n) is 5.12. The van der Waals surface area contributed by atoms with Crippen molar-refractivity contribution in [2.75, 3.05) is 26.3 Å². The predicted octanol–water partition coefficient (Wildman–Crippen LogP) is -0.616. The van der Waals surface area contributed by atoms with Gasteiger partial charge in [0.05, 0.1) is 13.2 Å². The number of rotatable bonds is 5. The molecule has 1 fully saturated rings. The Balaban J connectivity index is 2.09. The fourth-order valence-electron chi connectivity index (χ4n) is 1.10. The molecule has 1 aliphatic heterocycles. The van der Waals surface area contributed by atoms with E-state index < -0.39 is 24.3 Å². The molecule has 1 heterocycles. The number of carbonyl (C=O) groups is 3. The SMILES string of the molecule is CCOC(=O)CNC(=O)OC[C@H]1CNC(=O)O1. The predicted molar refractivity (Wildman–Crippen MR) is 54.3 cm³/mol. The van der Waals surface area contributed by atoms with E-state index in [2.05, 4.69) is 15.4 Å². The highest BCUT2D eigenvalue weighted by atomic mass is 16.6. The van der Waals surface area contributed by atoms with E-state index in [0.717, 1.165) is 0 Å². The second kappa shape index (κ2) is 6.56. The molecule has 0 aromatic rings. The fourth-order valence-corrected chi connectivity index (χ4v) is 1.10. The quantitative estimate of drug-likeness (QED) is 0.495. The number of ether oxygens (including phenoxy) is 3. The Morgan fingerprint density at radius 3 is 2.88 bits per heavy atom. The topological polar surface area (TPSA) is 103 Å². The largest absolute Gasteiger partial charge is 0.465 e. The molecule has 17 heavy (non-hydrogen) atoms. The Morgan fingerprint density at radius 2 is 2.29 bits per heavy atom. The van der Waals surface area contributed by atoms with Crippen molar-refractivity contribution in [1.82, 2.24) is 10.6 Å². The van der Waals surface area contributed by atoms with E-state index in [1.165, 1.54) is 0 Å². The van der Waals surface area contributed by atoms with Gasteiger partial charge in [-0.25, -0.2) is 9.59 Å². The molecule has 1 atom stereocenters. The molecule has 0 aromatic carbocycles. The molecule has 2 N–H and O–H groups in total. The van der Waals surface area contributed by atoms with E-state index in [0.29, 0.717) is 6.54 Å². The molecular formula is C9H14N2O6. The summed E-state index contributed by atoms with van der Waals surface area (Å²) in [5.74, 6) is -0.543. The Bertz CT molecular complexity index is 306. The maximum absolute atomic E-state index is 11.1. The summed E-state index contributed by atoms with van der Waals surface area (Å²) >= 11 is 0. The zero-order valence-electron chi connectivity index (χ0n) is 9.36. The van der Waals surface area contributed by atoms with Gasteiger partial charge in [-0.15, -0.1) is 0 Å². The number of esters is 1. The minimum absolute atomic E-state index is 0.0621. The molecule has 2 amide bonds. The highest BCUT2D eigenvalue weighted by molar-refractivity contribution is 5.77. The van der Waals surface area contributed by atoms with Crippen molar-refractivity contribution in [3.8, 4) is 0 Å². The zero-order valence-corrected chi connectivity index (χ0v) is 9.36. The van der Waals surface area contributed by atoms with Crippen LogP contribution in [0.25, 0.3) is 0 Å². The van der Waals surface area contributed by atoms with Crippen molar-refractivity contribution in [2.24, 2.45) is 0 Å². The number of cyclic esters (lactones) is 1. The minimum Gasteiger partial charge on any atom is -0.465 e. The molecule has 0 saturated carbocycles. The van der Waals surface area contributed by atoms with Crippen LogP contribution < -0.4 is 10.6 Å². The summed E-state index contributed by atoms with van der Waals surface area (Å²) in [7, 11) is 0. The number of hydrogen-bond donors (Lipinski definition) is 2. The van der Waals surface area contributed by atoms with E-state index in [-0.39, 0.29) is 19.8 Å². The van der Waals surface area contributed by atoms with Gasteiger partial charge in [-0.1, -0.05) is 0 Å². The number of carbonyl (C=O) groups excluding carboxylic acids is 3. The average molecular weight is 246 g/mol. The zero-order chi connectivity index (χ0) is 12.7. The Hall–Kier alpha value is -1.99. The standard InChI is InChI=1S/C9H14N2O6/c1-2-15-7(12)4-11-8(13)16-5-6-3-10-9(14)17-6/h6H,2-5H2,1H3,(H,10,14)(H,11,13)/t6-/m1/s1. The van der Waals surface area contributed by atoms with E-state index in [1.54, 1.807) is 6.92 Å².